The molecule has 0 fully saturated rings. The van der Waals surface area contributed by atoms with E-state index in [1.165, 1.54) is 32.4 Å². The molecule has 0 saturated carbocycles. The molecule has 0 radical (unpaired) electrons. The van der Waals surface area contributed by atoms with Gasteiger partial charge >= 0.3 is 0 Å². The van der Waals surface area contributed by atoms with Gasteiger partial charge in [0.15, 0.2) is 0 Å². The van der Waals surface area contributed by atoms with E-state index in [0.29, 0.717) is 33.5 Å². The van der Waals surface area contributed by atoms with Gasteiger partial charge in [-0.1, -0.05) is 35.9 Å². The third-order valence-corrected chi connectivity index (χ3v) is 6.07. The fourth-order valence-electron chi connectivity index (χ4n) is 2.74. The lowest BCUT2D eigenvalue weighted by Gasteiger charge is -2.09. The van der Waals surface area contributed by atoms with Crippen LogP contribution in [0.3, 0.4) is 0 Å². The van der Waals surface area contributed by atoms with Gasteiger partial charge in [-0.3, -0.25) is 9.52 Å². The molecule has 0 bridgehead atoms. The Morgan fingerprint density at radius 2 is 1.56 bits per heavy atom. The normalized spacial score (nSPS) is 11.2. The molecule has 166 valence electrons. The topological polar surface area (TPSA) is 93.7 Å². The molecule has 3 aromatic rings. The van der Waals surface area contributed by atoms with Crippen molar-refractivity contribution in [2.45, 2.75) is 4.90 Å². The Labute approximate surface area is 191 Å². The van der Waals surface area contributed by atoms with E-state index in [-0.39, 0.29) is 10.8 Å². The number of sulfonamides is 1. The van der Waals surface area contributed by atoms with Crippen LogP contribution in [-0.4, -0.2) is 28.5 Å². The molecule has 0 heterocycles. The molecule has 0 aliphatic heterocycles. The number of hydrogen-bond donors (Lipinski definition) is 2. The molecule has 32 heavy (non-hydrogen) atoms. The lowest BCUT2D eigenvalue weighted by molar-refractivity contribution is -0.111. The van der Waals surface area contributed by atoms with Gasteiger partial charge in [0.25, 0.3) is 10.0 Å². The minimum Gasteiger partial charge on any atom is -0.497 e. The zero-order chi connectivity index (χ0) is 23.1. The highest BCUT2D eigenvalue weighted by Gasteiger charge is 2.15. The second-order valence-corrected chi connectivity index (χ2v) is 8.67. The third kappa shape index (κ3) is 6.03. The average Bonchev–Trinajstić information content (AvgIpc) is 2.79. The number of halogens is 1. The molecule has 0 spiro atoms. The fraction of sp³-hybridized carbons (Fsp3) is 0.0870. The molecular formula is C23H21ClN2O5S. The molecule has 0 aliphatic carbocycles. The molecule has 0 aliphatic rings. The Hall–Kier alpha value is -3.49. The first kappa shape index (κ1) is 23.2. The van der Waals surface area contributed by atoms with Crippen molar-refractivity contribution < 1.29 is 22.7 Å². The standard InChI is InChI=1S/C23H21ClN2O5S/c1-30-18-13-17(14-19(15-18)31-2)25-23(27)12-9-16-7-10-20(11-8-16)32(28,29)26-22-6-4-3-5-21(22)24/h3-15,26H,1-2H3,(H,25,27)/b12-9+. The Bertz CT molecular complexity index is 1220. The summed E-state index contributed by atoms with van der Waals surface area (Å²) in [4.78, 5) is 12.3. The quantitative estimate of drug-likeness (QED) is 0.459. The van der Waals surface area contributed by atoms with Crippen LogP contribution >= 0.6 is 11.6 Å². The average molecular weight is 473 g/mol. The molecule has 2 N–H and O–H groups in total. The summed E-state index contributed by atoms with van der Waals surface area (Å²) in [6.07, 6.45) is 2.92. The van der Waals surface area contributed by atoms with E-state index in [1.807, 2.05) is 0 Å². The van der Waals surface area contributed by atoms with E-state index in [9.17, 15) is 13.2 Å². The number of methoxy groups -OCH3 is 2. The van der Waals surface area contributed by atoms with Crippen molar-refractivity contribution in [2.24, 2.45) is 0 Å². The van der Waals surface area contributed by atoms with Gasteiger partial charge < -0.3 is 14.8 Å². The molecular weight excluding hydrogens is 452 g/mol. The van der Waals surface area contributed by atoms with Crippen LogP contribution < -0.4 is 19.5 Å². The maximum atomic E-state index is 12.6. The lowest BCUT2D eigenvalue weighted by Crippen LogP contribution is -2.13. The highest BCUT2D eigenvalue weighted by molar-refractivity contribution is 7.92. The van der Waals surface area contributed by atoms with Crippen LogP contribution in [0.4, 0.5) is 11.4 Å². The lowest BCUT2D eigenvalue weighted by atomic mass is 10.2. The molecule has 7 nitrogen and oxygen atoms in total. The van der Waals surface area contributed by atoms with Gasteiger partial charge in [-0.15, -0.1) is 0 Å². The number of anilines is 2. The molecule has 0 unspecified atom stereocenters. The maximum absolute atomic E-state index is 12.6. The van der Waals surface area contributed by atoms with Gasteiger partial charge in [0.1, 0.15) is 11.5 Å². The maximum Gasteiger partial charge on any atom is 0.261 e. The van der Waals surface area contributed by atoms with Crippen LogP contribution in [0.2, 0.25) is 5.02 Å². The van der Waals surface area contributed by atoms with Crippen molar-refractivity contribution in [3.63, 3.8) is 0 Å². The van der Waals surface area contributed by atoms with Crippen LogP contribution in [-0.2, 0) is 14.8 Å². The second-order valence-electron chi connectivity index (χ2n) is 6.58. The fourth-order valence-corrected chi connectivity index (χ4v) is 4.06. The molecule has 0 saturated heterocycles. The van der Waals surface area contributed by atoms with Crippen molar-refractivity contribution in [3.05, 3.63) is 83.4 Å². The van der Waals surface area contributed by atoms with Gasteiger partial charge in [-0.2, -0.15) is 0 Å². The summed E-state index contributed by atoms with van der Waals surface area (Å²) in [5, 5.41) is 3.03. The molecule has 0 atom stereocenters. The zero-order valence-electron chi connectivity index (χ0n) is 17.3. The summed E-state index contributed by atoms with van der Waals surface area (Å²) in [7, 11) is -0.756. The molecule has 0 aromatic heterocycles. The summed E-state index contributed by atoms with van der Waals surface area (Å²) in [5.41, 5.74) is 1.46. The van der Waals surface area contributed by atoms with Gasteiger partial charge in [0.2, 0.25) is 5.91 Å². The van der Waals surface area contributed by atoms with Crippen molar-refractivity contribution >= 4 is 45.0 Å². The molecule has 3 rings (SSSR count). The molecule has 1 amide bonds. The predicted octanol–water partition coefficient (Wildman–Crippen LogP) is 4.81. The Kier molecular flexibility index (Phi) is 7.40. The van der Waals surface area contributed by atoms with Crippen molar-refractivity contribution in [2.75, 3.05) is 24.3 Å². The number of hydrogen-bond acceptors (Lipinski definition) is 5. The van der Waals surface area contributed by atoms with Crippen molar-refractivity contribution in [1.29, 1.82) is 0 Å². The Morgan fingerprint density at radius 3 is 2.16 bits per heavy atom. The number of carbonyl (C=O) groups excluding carboxylic acids is 1. The second kappa shape index (κ2) is 10.2. The molecule has 3 aromatic carbocycles. The van der Waals surface area contributed by atoms with E-state index in [1.54, 1.807) is 60.7 Å². The highest BCUT2D eigenvalue weighted by atomic mass is 35.5. The van der Waals surface area contributed by atoms with Gasteiger partial charge in [0, 0.05) is 30.0 Å². The highest BCUT2D eigenvalue weighted by Crippen LogP contribution is 2.26. The zero-order valence-corrected chi connectivity index (χ0v) is 18.9. The Morgan fingerprint density at radius 1 is 0.938 bits per heavy atom. The monoisotopic (exact) mass is 472 g/mol. The Balaban J connectivity index is 1.67. The summed E-state index contributed by atoms with van der Waals surface area (Å²) in [6.45, 7) is 0. The summed E-state index contributed by atoms with van der Waals surface area (Å²) >= 11 is 6.02. The largest absolute Gasteiger partial charge is 0.497 e. The van der Waals surface area contributed by atoms with Crippen LogP contribution in [0.1, 0.15) is 5.56 Å². The van der Waals surface area contributed by atoms with E-state index >= 15 is 0 Å². The predicted molar refractivity (Wildman–Crippen MR) is 126 cm³/mol. The first-order valence-electron chi connectivity index (χ1n) is 9.40. The smallest absolute Gasteiger partial charge is 0.261 e. The summed E-state index contributed by atoms with van der Waals surface area (Å²) < 4.78 is 37.9. The van der Waals surface area contributed by atoms with E-state index in [0.717, 1.165) is 0 Å². The number of ether oxygens (including phenoxy) is 2. The van der Waals surface area contributed by atoms with E-state index in [4.69, 9.17) is 21.1 Å². The van der Waals surface area contributed by atoms with Gasteiger partial charge in [-0.05, 0) is 35.9 Å². The van der Waals surface area contributed by atoms with Gasteiger partial charge in [0.05, 0.1) is 29.8 Å². The van der Waals surface area contributed by atoms with Crippen LogP contribution in [0.25, 0.3) is 6.08 Å². The number of para-hydroxylation sites is 1. The van der Waals surface area contributed by atoms with E-state index < -0.39 is 10.0 Å². The first-order chi connectivity index (χ1) is 15.3. The minimum atomic E-state index is -3.80. The van der Waals surface area contributed by atoms with Crippen LogP contribution in [0.15, 0.2) is 77.7 Å². The van der Waals surface area contributed by atoms with Crippen molar-refractivity contribution in [3.8, 4) is 11.5 Å². The number of carbonyl (C=O) groups is 1. The van der Waals surface area contributed by atoms with Crippen molar-refractivity contribution in [1.82, 2.24) is 0 Å². The number of rotatable bonds is 8. The summed E-state index contributed by atoms with van der Waals surface area (Å²) in [6, 6.07) is 17.7. The minimum absolute atomic E-state index is 0.0718. The SMILES string of the molecule is COc1cc(NC(=O)/C=C/c2ccc(S(=O)(=O)Nc3ccccc3Cl)cc2)cc(OC)c1. The first-order valence-corrected chi connectivity index (χ1v) is 11.3. The number of benzene rings is 3. The number of amides is 1. The van der Waals surface area contributed by atoms with Gasteiger partial charge in [-0.25, -0.2) is 8.42 Å². The van der Waals surface area contributed by atoms with E-state index in [2.05, 4.69) is 10.0 Å². The number of nitrogens with one attached hydrogen (secondary N) is 2. The molecule has 9 heteroatoms. The third-order valence-electron chi connectivity index (χ3n) is 4.35. The van der Waals surface area contributed by atoms with Crippen LogP contribution in [0, 0.1) is 0 Å². The van der Waals surface area contributed by atoms with Crippen LogP contribution in [0.5, 0.6) is 11.5 Å². The summed E-state index contributed by atoms with van der Waals surface area (Å²) in [5.74, 6) is 0.731.